The van der Waals surface area contributed by atoms with Gasteiger partial charge in [0.2, 0.25) is 0 Å². The van der Waals surface area contributed by atoms with Gasteiger partial charge < -0.3 is 4.74 Å². The van der Waals surface area contributed by atoms with Crippen LogP contribution in [0.5, 0.6) is 5.75 Å². The van der Waals surface area contributed by atoms with Crippen molar-refractivity contribution in [2.45, 2.75) is 32.6 Å². The summed E-state index contributed by atoms with van der Waals surface area (Å²) in [5.41, 5.74) is 1.65. The maximum Gasteiger partial charge on any atom is 0.153 e. The van der Waals surface area contributed by atoms with Gasteiger partial charge in [0.15, 0.2) is 6.29 Å². The minimum atomic E-state index is 0.634. The van der Waals surface area contributed by atoms with Crippen LogP contribution in [0, 0.1) is 12.8 Å². The van der Waals surface area contributed by atoms with Gasteiger partial charge in [-0.3, -0.25) is 4.79 Å². The van der Waals surface area contributed by atoms with E-state index in [0.29, 0.717) is 11.5 Å². The molecule has 0 aliphatic heterocycles. The third kappa shape index (κ3) is 3.09. The molecule has 0 saturated heterocycles. The number of hydrogen-bond donors (Lipinski definition) is 0. The molecule has 0 N–H and O–H groups in total. The molecule has 1 saturated carbocycles. The molecule has 0 spiro atoms. The highest BCUT2D eigenvalue weighted by molar-refractivity contribution is 9.10. The fraction of sp³-hybridized carbons (Fsp3) is 0.500. The van der Waals surface area contributed by atoms with Crippen molar-refractivity contribution in [3.8, 4) is 5.75 Å². The van der Waals surface area contributed by atoms with Crippen LogP contribution in [0.1, 0.15) is 41.6 Å². The lowest BCUT2D eigenvalue weighted by atomic mass is 10.1. The number of carbonyl (C=O) groups is 1. The average Bonchev–Trinajstić information content (AvgIpc) is 2.79. The van der Waals surface area contributed by atoms with Crippen molar-refractivity contribution in [3.63, 3.8) is 0 Å². The second-order valence-corrected chi connectivity index (χ2v) is 5.64. The smallest absolute Gasteiger partial charge is 0.153 e. The molecule has 0 amide bonds. The summed E-state index contributed by atoms with van der Waals surface area (Å²) in [4.78, 5) is 11.0. The Bertz CT molecular complexity index is 409. The van der Waals surface area contributed by atoms with Crippen molar-refractivity contribution in [3.05, 3.63) is 27.7 Å². The number of aryl methyl sites for hydroxylation is 1. The van der Waals surface area contributed by atoms with Crippen LogP contribution in [0.2, 0.25) is 0 Å². The first-order chi connectivity index (χ1) is 8.20. The van der Waals surface area contributed by atoms with E-state index in [-0.39, 0.29) is 0 Å². The SMILES string of the molecule is Cc1cc(Br)cc(C=O)c1OCC1CCCC1. The first kappa shape index (κ1) is 12.6. The fourth-order valence-corrected chi connectivity index (χ4v) is 3.01. The quantitative estimate of drug-likeness (QED) is 0.781. The van der Waals surface area contributed by atoms with E-state index in [1.54, 1.807) is 0 Å². The van der Waals surface area contributed by atoms with Crippen LogP contribution in [0.3, 0.4) is 0 Å². The Kier molecular flexibility index (Phi) is 4.21. The van der Waals surface area contributed by atoms with Gasteiger partial charge in [0, 0.05) is 4.47 Å². The van der Waals surface area contributed by atoms with Gasteiger partial charge in [0.05, 0.1) is 12.2 Å². The third-order valence-electron chi connectivity index (χ3n) is 3.33. The monoisotopic (exact) mass is 296 g/mol. The lowest BCUT2D eigenvalue weighted by molar-refractivity contribution is 0.111. The summed E-state index contributed by atoms with van der Waals surface area (Å²) in [7, 11) is 0. The minimum Gasteiger partial charge on any atom is -0.492 e. The van der Waals surface area contributed by atoms with Crippen molar-refractivity contribution in [2.24, 2.45) is 5.92 Å². The number of halogens is 1. The number of ether oxygens (including phenoxy) is 1. The molecule has 1 aromatic carbocycles. The Labute approximate surface area is 110 Å². The molecule has 0 heterocycles. The van der Waals surface area contributed by atoms with Gasteiger partial charge in [0.25, 0.3) is 0 Å². The minimum absolute atomic E-state index is 0.634. The van der Waals surface area contributed by atoms with E-state index >= 15 is 0 Å². The summed E-state index contributed by atoms with van der Waals surface area (Å²) in [6, 6.07) is 3.79. The normalized spacial score (nSPS) is 16.1. The molecule has 3 heteroatoms. The Morgan fingerprint density at radius 1 is 1.41 bits per heavy atom. The molecule has 0 atom stereocenters. The second kappa shape index (κ2) is 5.67. The predicted octanol–water partition coefficient (Wildman–Crippen LogP) is 4.14. The van der Waals surface area contributed by atoms with E-state index in [1.165, 1.54) is 25.7 Å². The zero-order chi connectivity index (χ0) is 12.3. The number of benzene rings is 1. The molecule has 1 aliphatic rings. The molecule has 92 valence electrons. The molecule has 0 bridgehead atoms. The van der Waals surface area contributed by atoms with Crippen LogP contribution in [-0.2, 0) is 0 Å². The lowest BCUT2D eigenvalue weighted by Gasteiger charge is -2.15. The summed E-state index contributed by atoms with van der Waals surface area (Å²) in [5, 5.41) is 0. The van der Waals surface area contributed by atoms with Gasteiger partial charge in [-0.2, -0.15) is 0 Å². The Balaban J connectivity index is 2.10. The average molecular weight is 297 g/mol. The van der Waals surface area contributed by atoms with Crippen LogP contribution in [-0.4, -0.2) is 12.9 Å². The van der Waals surface area contributed by atoms with E-state index in [4.69, 9.17) is 4.74 Å². The Morgan fingerprint density at radius 2 is 2.12 bits per heavy atom. The summed E-state index contributed by atoms with van der Waals surface area (Å²) < 4.78 is 6.77. The zero-order valence-corrected chi connectivity index (χ0v) is 11.6. The van der Waals surface area contributed by atoms with Gasteiger partial charge in [-0.05, 0) is 43.4 Å². The number of carbonyl (C=O) groups excluding carboxylic acids is 1. The third-order valence-corrected chi connectivity index (χ3v) is 3.79. The van der Waals surface area contributed by atoms with Gasteiger partial charge in [-0.1, -0.05) is 28.8 Å². The highest BCUT2D eigenvalue weighted by Crippen LogP contribution is 2.30. The van der Waals surface area contributed by atoms with Crippen molar-refractivity contribution in [1.82, 2.24) is 0 Å². The molecule has 1 aromatic rings. The van der Waals surface area contributed by atoms with E-state index in [0.717, 1.165) is 28.7 Å². The van der Waals surface area contributed by atoms with Crippen LogP contribution >= 0.6 is 15.9 Å². The number of rotatable bonds is 4. The molecule has 1 fully saturated rings. The summed E-state index contributed by atoms with van der Waals surface area (Å²) in [5.74, 6) is 1.41. The van der Waals surface area contributed by atoms with Crippen molar-refractivity contribution < 1.29 is 9.53 Å². The number of hydrogen-bond acceptors (Lipinski definition) is 2. The summed E-state index contributed by atoms with van der Waals surface area (Å²) in [6.45, 7) is 2.71. The van der Waals surface area contributed by atoms with Crippen molar-refractivity contribution in [1.29, 1.82) is 0 Å². The van der Waals surface area contributed by atoms with E-state index in [9.17, 15) is 4.79 Å². The van der Waals surface area contributed by atoms with Crippen LogP contribution < -0.4 is 4.74 Å². The maximum atomic E-state index is 11.0. The first-order valence-corrected chi connectivity index (χ1v) is 6.88. The van der Waals surface area contributed by atoms with Crippen LogP contribution in [0.25, 0.3) is 0 Å². The molecular formula is C14H17BrO2. The van der Waals surface area contributed by atoms with Gasteiger partial charge in [0.1, 0.15) is 5.75 Å². The fourth-order valence-electron chi connectivity index (χ4n) is 2.42. The molecule has 17 heavy (non-hydrogen) atoms. The maximum absolute atomic E-state index is 11.0. The van der Waals surface area contributed by atoms with E-state index in [2.05, 4.69) is 15.9 Å². The largest absolute Gasteiger partial charge is 0.492 e. The molecule has 1 aliphatic carbocycles. The second-order valence-electron chi connectivity index (χ2n) is 4.72. The first-order valence-electron chi connectivity index (χ1n) is 6.09. The highest BCUT2D eigenvalue weighted by Gasteiger charge is 2.17. The Morgan fingerprint density at radius 3 is 2.76 bits per heavy atom. The lowest BCUT2D eigenvalue weighted by Crippen LogP contribution is -2.10. The van der Waals surface area contributed by atoms with Crippen molar-refractivity contribution in [2.75, 3.05) is 6.61 Å². The van der Waals surface area contributed by atoms with Crippen molar-refractivity contribution >= 4 is 22.2 Å². The zero-order valence-electron chi connectivity index (χ0n) is 10.0. The van der Waals surface area contributed by atoms with E-state index in [1.807, 2.05) is 19.1 Å². The standard InChI is InChI=1S/C14H17BrO2/c1-10-6-13(15)7-12(8-16)14(10)17-9-11-4-2-3-5-11/h6-8,11H,2-5,9H2,1H3. The summed E-state index contributed by atoms with van der Waals surface area (Å²) in [6.07, 6.45) is 6.00. The summed E-state index contributed by atoms with van der Waals surface area (Å²) >= 11 is 3.39. The highest BCUT2D eigenvalue weighted by atomic mass is 79.9. The Hall–Kier alpha value is -0.830. The predicted molar refractivity (Wildman–Crippen MR) is 71.7 cm³/mol. The van der Waals surface area contributed by atoms with Crippen LogP contribution in [0.4, 0.5) is 0 Å². The molecule has 0 unspecified atom stereocenters. The molecule has 2 rings (SSSR count). The topological polar surface area (TPSA) is 26.3 Å². The van der Waals surface area contributed by atoms with E-state index < -0.39 is 0 Å². The molecule has 0 radical (unpaired) electrons. The van der Waals surface area contributed by atoms with Gasteiger partial charge >= 0.3 is 0 Å². The van der Waals surface area contributed by atoms with Gasteiger partial charge in [-0.15, -0.1) is 0 Å². The number of aldehydes is 1. The molecule has 0 aromatic heterocycles. The molecule has 2 nitrogen and oxygen atoms in total. The molecular weight excluding hydrogens is 280 g/mol. The van der Waals surface area contributed by atoms with Gasteiger partial charge in [-0.25, -0.2) is 0 Å². The van der Waals surface area contributed by atoms with Crippen LogP contribution in [0.15, 0.2) is 16.6 Å².